The Hall–Kier alpha value is -0.130. The van der Waals surface area contributed by atoms with Crippen molar-refractivity contribution in [3.8, 4) is 0 Å². The maximum Gasteiger partial charge on any atom is 0.195 e. The molecule has 0 radical (unpaired) electrons. The van der Waals surface area contributed by atoms with Gasteiger partial charge in [-0.2, -0.15) is 5.10 Å². The number of aromatic nitrogens is 3. The molecule has 0 unspecified atom stereocenters. The maximum atomic E-state index is 4.06. The zero-order valence-electron chi connectivity index (χ0n) is 5.70. The molecule has 0 aromatic carbocycles. The van der Waals surface area contributed by atoms with Gasteiger partial charge in [-0.15, -0.1) is 12.4 Å². The first kappa shape index (κ1) is 8.96. The van der Waals surface area contributed by atoms with E-state index in [1.165, 1.54) is 0 Å². The molecule has 1 N–H and O–H groups in total. The van der Waals surface area contributed by atoms with Gasteiger partial charge in [0.25, 0.3) is 0 Å². The van der Waals surface area contributed by atoms with Crippen molar-refractivity contribution in [1.82, 2.24) is 20.1 Å². The first-order chi connectivity index (χ1) is 4.88. The smallest absolute Gasteiger partial charge is 0.195 e. The van der Waals surface area contributed by atoms with Crippen LogP contribution >= 0.6 is 28.3 Å². The van der Waals surface area contributed by atoms with Crippen molar-refractivity contribution < 1.29 is 0 Å². The molecule has 62 valence electrons. The van der Waals surface area contributed by atoms with E-state index in [9.17, 15) is 0 Å². The van der Waals surface area contributed by atoms with Gasteiger partial charge >= 0.3 is 0 Å². The molecule has 0 amide bonds. The summed E-state index contributed by atoms with van der Waals surface area (Å²) in [6.07, 6.45) is 1.56. The lowest BCUT2D eigenvalue weighted by Crippen LogP contribution is -2.43. The number of rotatable bonds is 1. The summed E-state index contributed by atoms with van der Waals surface area (Å²) < 4.78 is 2.70. The van der Waals surface area contributed by atoms with Crippen molar-refractivity contribution in [2.45, 2.75) is 6.04 Å². The second kappa shape index (κ2) is 3.51. The third-order valence-electron chi connectivity index (χ3n) is 1.64. The van der Waals surface area contributed by atoms with E-state index >= 15 is 0 Å². The van der Waals surface area contributed by atoms with Gasteiger partial charge in [-0.3, -0.25) is 0 Å². The topological polar surface area (TPSA) is 42.7 Å². The summed E-state index contributed by atoms with van der Waals surface area (Å²) in [6.45, 7) is 2.00. The summed E-state index contributed by atoms with van der Waals surface area (Å²) in [5, 5.41) is 7.22. The number of nitrogens with one attached hydrogen (secondary N) is 1. The van der Waals surface area contributed by atoms with Crippen molar-refractivity contribution in [3.05, 3.63) is 11.1 Å². The Morgan fingerprint density at radius 2 is 2.36 bits per heavy atom. The number of hydrogen-bond acceptors (Lipinski definition) is 3. The molecule has 1 saturated heterocycles. The van der Waals surface area contributed by atoms with Crippen LogP contribution in [0, 0.1) is 0 Å². The van der Waals surface area contributed by atoms with E-state index in [1.807, 2.05) is 4.68 Å². The number of nitrogens with zero attached hydrogens (tertiary/aromatic N) is 3. The molecule has 6 heteroatoms. The Kier molecular flexibility index (Phi) is 2.86. The van der Waals surface area contributed by atoms with Crippen LogP contribution in [-0.2, 0) is 0 Å². The maximum absolute atomic E-state index is 4.06. The Morgan fingerprint density at radius 1 is 1.64 bits per heavy atom. The fraction of sp³-hybridized carbons (Fsp3) is 0.600. The van der Waals surface area contributed by atoms with Crippen LogP contribution in [0.5, 0.6) is 0 Å². The summed E-state index contributed by atoms with van der Waals surface area (Å²) in [5.74, 6) is 0. The van der Waals surface area contributed by atoms with Crippen LogP contribution in [0.4, 0.5) is 0 Å². The third kappa shape index (κ3) is 1.55. The lowest BCUT2D eigenvalue weighted by molar-refractivity contribution is 0.312. The Balaban J connectivity index is 0.000000605. The molecule has 2 rings (SSSR count). The monoisotopic (exact) mass is 238 g/mol. The predicted octanol–water partition coefficient (Wildman–Crippen LogP) is 0.607. The third-order valence-corrected chi connectivity index (χ3v) is 2.20. The van der Waals surface area contributed by atoms with Gasteiger partial charge in [0.1, 0.15) is 6.33 Å². The van der Waals surface area contributed by atoms with E-state index in [2.05, 4.69) is 31.3 Å². The molecule has 1 fully saturated rings. The van der Waals surface area contributed by atoms with Crippen molar-refractivity contribution >= 4 is 28.3 Å². The summed E-state index contributed by atoms with van der Waals surface area (Å²) >= 11 is 3.30. The summed E-state index contributed by atoms with van der Waals surface area (Å²) in [7, 11) is 0. The van der Waals surface area contributed by atoms with Gasteiger partial charge < -0.3 is 5.32 Å². The average Bonchev–Trinajstić information content (AvgIpc) is 2.12. The number of halogens is 2. The van der Waals surface area contributed by atoms with Gasteiger partial charge in [0.05, 0.1) is 6.04 Å². The Labute approximate surface area is 78.9 Å². The van der Waals surface area contributed by atoms with Crippen LogP contribution < -0.4 is 5.32 Å². The van der Waals surface area contributed by atoms with E-state index < -0.39 is 0 Å². The van der Waals surface area contributed by atoms with Crippen molar-refractivity contribution in [2.24, 2.45) is 0 Å². The van der Waals surface area contributed by atoms with E-state index in [0.717, 1.165) is 17.8 Å². The molecule has 2 heterocycles. The second-order valence-electron chi connectivity index (χ2n) is 2.29. The van der Waals surface area contributed by atoms with Gasteiger partial charge in [0, 0.05) is 13.1 Å². The fourth-order valence-electron chi connectivity index (χ4n) is 0.927. The normalized spacial score (nSPS) is 17.2. The Bertz CT molecular complexity index is 234. The van der Waals surface area contributed by atoms with Crippen LogP contribution in [0.1, 0.15) is 6.04 Å². The minimum atomic E-state index is 0. The zero-order chi connectivity index (χ0) is 6.97. The largest absolute Gasteiger partial charge is 0.312 e. The molecule has 1 aromatic heterocycles. The van der Waals surface area contributed by atoms with Gasteiger partial charge in [0.15, 0.2) is 4.73 Å². The SMILES string of the molecule is Brc1ncnn1C1CNC1.Cl. The van der Waals surface area contributed by atoms with Crippen LogP contribution in [0.3, 0.4) is 0 Å². The first-order valence-corrected chi connectivity index (χ1v) is 3.93. The molecular weight excluding hydrogens is 231 g/mol. The lowest BCUT2D eigenvalue weighted by Gasteiger charge is -2.27. The van der Waals surface area contributed by atoms with Crippen molar-refractivity contribution in [2.75, 3.05) is 13.1 Å². The molecule has 0 spiro atoms. The van der Waals surface area contributed by atoms with Crippen LogP contribution in [0.15, 0.2) is 11.1 Å². The molecular formula is C5H8BrClN4. The van der Waals surface area contributed by atoms with Gasteiger partial charge in [-0.1, -0.05) is 0 Å². The lowest BCUT2D eigenvalue weighted by atomic mass is 10.2. The minimum absolute atomic E-state index is 0. The van der Waals surface area contributed by atoms with E-state index in [1.54, 1.807) is 6.33 Å². The van der Waals surface area contributed by atoms with E-state index in [0.29, 0.717) is 6.04 Å². The fourth-order valence-corrected chi connectivity index (χ4v) is 1.40. The molecule has 0 aliphatic carbocycles. The second-order valence-corrected chi connectivity index (χ2v) is 2.99. The number of hydrogen-bond donors (Lipinski definition) is 1. The van der Waals surface area contributed by atoms with Gasteiger partial charge in [-0.05, 0) is 15.9 Å². The molecule has 0 atom stereocenters. The van der Waals surface area contributed by atoms with Crippen LogP contribution in [0.2, 0.25) is 0 Å². The highest BCUT2D eigenvalue weighted by Crippen LogP contribution is 2.14. The van der Waals surface area contributed by atoms with Crippen molar-refractivity contribution in [1.29, 1.82) is 0 Å². The molecule has 4 nitrogen and oxygen atoms in total. The molecule has 1 aliphatic rings. The molecule has 1 aliphatic heterocycles. The highest BCUT2D eigenvalue weighted by Gasteiger charge is 2.20. The van der Waals surface area contributed by atoms with E-state index in [4.69, 9.17) is 0 Å². The minimum Gasteiger partial charge on any atom is -0.312 e. The zero-order valence-corrected chi connectivity index (χ0v) is 8.10. The quantitative estimate of drug-likeness (QED) is 0.781. The summed E-state index contributed by atoms with van der Waals surface area (Å²) in [6, 6.07) is 0.497. The summed E-state index contributed by atoms with van der Waals surface area (Å²) in [5.41, 5.74) is 0. The molecule has 0 bridgehead atoms. The highest BCUT2D eigenvalue weighted by atomic mass is 79.9. The van der Waals surface area contributed by atoms with Gasteiger partial charge in [-0.25, -0.2) is 9.67 Å². The van der Waals surface area contributed by atoms with Crippen molar-refractivity contribution in [3.63, 3.8) is 0 Å². The molecule has 1 aromatic rings. The van der Waals surface area contributed by atoms with E-state index in [-0.39, 0.29) is 12.4 Å². The van der Waals surface area contributed by atoms with Crippen LogP contribution in [-0.4, -0.2) is 27.9 Å². The standard InChI is InChI=1S/C5H7BrN4.ClH/c6-5-8-3-9-10(5)4-1-7-2-4;/h3-4,7H,1-2H2;1H. The summed E-state index contributed by atoms with van der Waals surface area (Å²) in [4.78, 5) is 3.96. The van der Waals surface area contributed by atoms with Crippen LogP contribution in [0.25, 0.3) is 0 Å². The molecule has 0 saturated carbocycles. The average molecular weight is 240 g/mol. The Morgan fingerprint density at radius 3 is 2.73 bits per heavy atom. The highest BCUT2D eigenvalue weighted by molar-refractivity contribution is 9.10. The van der Waals surface area contributed by atoms with Gasteiger partial charge in [0.2, 0.25) is 0 Å². The predicted molar refractivity (Wildman–Crippen MR) is 46.9 cm³/mol. The first-order valence-electron chi connectivity index (χ1n) is 3.13. The molecule has 11 heavy (non-hydrogen) atoms.